The average molecular weight is 899 g/mol. The highest BCUT2D eigenvalue weighted by Gasteiger charge is 2.44. The highest BCUT2D eigenvalue weighted by molar-refractivity contribution is 5.69. The van der Waals surface area contributed by atoms with Crippen molar-refractivity contribution in [3.63, 3.8) is 0 Å². The molecular weight excluding hydrogens is 805 g/mol. The number of rotatable bonds is 43. The summed E-state index contributed by atoms with van der Waals surface area (Å²) in [6.07, 6.45) is 54.6. The number of carbonyl (C=O) groups is 1. The summed E-state index contributed by atoms with van der Waals surface area (Å²) in [4.78, 5) is 12.8. The van der Waals surface area contributed by atoms with E-state index in [4.69, 9.17) is 18.9 Å². The van der Waals surface area contributed by atoms with Gasteiger partial charge in [0, 0.05) is 13.0 Å². The number of aliphatic hydroxyl groups is 4. The molecule has 1 heterocycles. The molecule has 0 aromatic carbocycles. The Kier molecular flexibility index (Phi) is 42.2. The Labute approximate surface area is 390 Å². The zero-order valence-corrected chi connectivity index (χ0v) is 40.5. The van der Waals surface area contributed by atoms with Crippen molar-refractivity contribution in [1.82, 2.24) is 0 Å². The Morgan fingerprint density at radius 1 is 0.516 bits per heavy atom. The van der Waals surface area contributed by atoms with Gasteiger partial charge in [0.2, 0.25) is 0 Å². The minimum absolute atomic E-state index is 0.125. The fourth-order valence-corrected chi connectivity index (χ4v) is 7.31. The number of esters is 1. The number of aliphatic hydroxyl groups excluding tert-OH is 4. The highest BCUT2D eigenvalue weighted by Crippen LogP contribution is 2.22. The molecule has 9 nitrogen and oxygen atoms in total. The summed E-state index contributed by atoms with van der Waals surface area (Å²) >= 11 is 0. The predicted molar refractivity (Wildman–Crippen MR) is 265 cm³/mol. The first-order chi connectivity index (χ1) is 31.4. The van der Waals surface area contributed by atoms with Crippen molar-refractivity contribution in [3.8, 4) is 0 Å². The zero-order valence-electron chi connectivity index (χ0n) is 40.5. The largest absolute Gasteiger partial charge is 0.457 e. The molecule has 368 valence electrons. The van der Waals surface area contributed by atoms with Gasteiger partial charge < -0.3 is 39.4 Å². The molecule has 1 fully saturated rings. The van der Waals surface area contributed by atoms with E-state index in [1.165, 1.54) is 83.5 Å². The molecule has 0 amide bonds. The third-order valence-corrected chi connectivity index (χ3v) is 11.3. The molecule has 0 bridgehead atoms. The van der Waals surface area contributed by atoms with Crippen LogP contribution < -0.4 is 0 Å². The second-order valence-electron chi connectivity index (χ2n) is 17.2. The van der Waals surface area contributed by atoms with E-state index in [0.29, 0.717) is 13.0 Å². The van der Waals surface area contributed by atoms with Gasteiger partial charge in [-0.05, 0) is 89.9 Å². The molecule has 6 atom stereocenters. The van der Waals surface area contributed by atoms with Gasteiger partial charge in [0.15, 0.2) is 6.29 Å². The zero-order chi connectivity index (χ0) is 46.4. The number of allylic oxidation sites excluding steroid dienone is 14. The van der Waals surface area contributed by atoms with E-state index < -0.39 is 43.4 Å². The van der Waals surface area contributed by atoms with Gasteiger partial charge in [0.25, 0.3) is 0 Å². The lowest BCUT2D eigenvalue weighted by molar-refractivity contribution is -0.305. The maximum absolute atomic E-state index is 12.8. The van der Waals surface area contributed by atoms with Gasteiger partial charge in [0.05, 0.1) is 19.8 Å². The van der Waals surface area contributed by atoms with Gasteiger partial charge in [-0.15, -0.1) is 0 Å². The van der Waals surface area contributed by atoms with Crippen LogP contribution in [-0.2, 0) is 23.7 Å². The lowest BCUT2D eigenvalue weighted by Crippen LogP contribution is -2.59. The Hall–Kier alpha value is -2.63. The van der Waals surface area contributed by atoms with Crippen LogP contribution in [0.2, 0.25) is 0 Å². The number of ether oxygens (including phenoxy) is 4. The van der Waals surface area contributed by atoms with Crippen molar-refractivity contribution in [3.05, 3.63) is 85.1 Å². The monoisotopic (exact) mass is 899 g/mol. The SMILES string of the molecule is CC/C=C\C/C=C\C/C=C\C/C=C\C/C=C\CCCCCCCCCC(=O)OC(COCCCCCCCCCC/C=C\C/C=C\CCCCC)COC1OC(CO)C(O)C(O)C1O. The quantitative estimate of drug-likeness (QED) is 0.0268. The van der Waals surface area contributed by atoms with Crippen LogP contribution in [0.5, 0.6) is 0 Å². The van der Waals surface area contributed by atoms with Crippen LogP contribution >= 0.6 is 0 Å². The molecule has 0 aliphatic carbocycles. The van der Waals surface area contributed by atoms with E-state index in [9.17, 15) is 25.2 Å². The van der Waals surface area contributed by atoms with Crippen molar-refractivity contribution >= 4 is 5.97 Å². The van der Waals surface area contributed by atoms with Gasteiger partial charge >= 0.3 is 5.97 Å². The van der Waals surface area contributed by atoms with Gasteiger partial charge in [-0.3, -0.25) is 4.79 Å². The highest BCUT2D eigenvalue weighted by atomic mass is 16.7. The fraction of sp³-hybridized carbons (Fsp3) is 0.727. The normalized spacial score (nSPS) is 20.2. The topological polar surface area (TPSA) is 135 Å². The van der Waals surface area contributed by atoms with Crippen molar-refractivity contribution in [1.29, 1.82) is 0 Å². The minimum Gasteiger partial charge on any atom is -0.457 e. The van der Waals surface area contributed by atoms with Crippen LogP contribution in [0.1, 0.15) is 194 Å². The molecule has 1 rings (SSSR count). The summed E-state index contributed by atoms with van der Waals surface area (Å²) in [6.45, 7) is 4.39. The van der Waals surface area contributed by atoms with Crippen LogP contribution in [0.4, 0.5) is 0 Å². The molecule has 1 aliphatic rings. The number of carbonyl (C=O) groups excluding carboxylic acids is 1. The minimum atomic E-state index is -1.54. The maximum Gasteiger partial charge on any atom is 0.306 e. The number of unbranched alkanes of at least 4 members (excludes halogenated alkanes) is 18. The molecule has 0 radical (unpaired) electrons. The van der Waals surface area contributed by atoms with E-state index in [-0.39, 0.29) is 19.2 Å². The van der Waals surface area contributed by atoms with Gasteiger partial charge in [-0.1, -0.05) is 182 Å². The van der Waals surface area contributed by atoms with E-state index in [0.717, 1.165) is 89.9 Å². The Bertz CT molecular complexity index is 1250. The summed E-state index contributed by atoms with van der Waals surface area (Å²) in [5.74, 6) is -0.329. The molecule has 1 aliphatic heterocycles. The van der Waals surface area contributed by atoms with E-state index in [1.807, 2.05) is 0 Å². The third kappa shape index (κ3) is 35.6. The van der Waals surface area contributed by atoms with Crippen LogP contribution in [-0.4, -0.2) is 89.6 Å². The molecule has 9 heteroatoms. The summed E-state index contributed by atoms with van der Waals surface area (Å²) in [6, 6.07) is 0. The number of hydrogen-bond acceptors (Lipinski definition) is 9. The summed E-state index contributed by atoms with van der Waals surface area (Å²) < 4.78 is 22.9. The van der Waals surface area contributed by atoms with Crippen molar-refractivity contribution in [2.24, 2.45) is 0 Å². The van der Waals surface area contributed by atoms with Crippen molar-refractivity contribution < 1.29 is 44.2 Å². The average Bonchev–Trinajstić information content (AvgIpc) is 3.30. The van der Waals surface area contributed by atoms with E-state index in [2.05, 4.69) is 98.9 Å². The van der Waals surface area contributed by atoms with Crippen LogP contribution in [0.15, 0.2) is 85.1 Å². The fourth-order valence-electron chi connectivity index (χ4n) is 7.31. The van der Waals surface area contributed by atoms with Crippen LogP contribution in [0.25, 0.3) is 0 Å². The first kappa shape index (κ1) is 59.4. The summed E-state index contributed by atoms with van der Waals surface area (Å²) in [5.41, 5.74) is 0. The van der Waals surface area contributed by atoms with Crippen LogP contribution in [0, 0.1) is 0 Å². The summed E-state index contributed by atoms with van der Waals surface area (Å²) in [5, 5.41) is 40.3. The first-order valence-electron chi connectivity index (χ1n) is 25.7. The molecule has 0 aromatic rings. The lowest BCUT2D eigenvalue weighted by atomic mass is 9.99. The molecule has 1 saturated heterocycles. The smallest absolute Gasteiger partial charge is 0.306 e. The molecule has 64 heavy (non-hydrogen) atoms. The second-order valence-corrected chi connectivity index (χ2v) is 17.2. The molecule has 0 aromatic heterocycles. The van der Waals surface area contributed by atoms with E-state index in [1.54, 1.807) is 0 Å². The maximum atomic E-state index is 12.8. The van der Waals surface area contributed by atoms with Gasteiger partial charge in [-0.25, -0.2) is 0 Å². The molecule has 0 saturated carbocycles. The first-order valence-corrected chi connectivity index (χ1v) is 25.7. The predicted octanol–water partition coefficient (Wildman–Crippen LogP) is 12.6. The standard InChI is InChI=1S/C55H94O9/c1-3-5-7-9-11-13-15-17-19-21-23-24-25-26-27-28-30-32-34-36-38-40-42-44-51(57)63-49(48-62-55-54(60)53(59)52(58)50(46-56)64-55)47-61-45-43-41-39-37-35-33-31-29-22-20-18-16-14-12-10-8-6-4-2/h5,7,11-14,17-20,23-24,26-27,49-50,52-56,58-60H,3-4,6,8-10,15-16,21-22,25,28-48H2,1-2H3/b7-5-,13-11-,14-12-,19-17-,20-18-,24-23-,27-26-. The molecule has 6 unspecified atom stereocenters. The van der Waals surface area contributed by atoms with Gasteiger partial charge in [-0.2, -0.15) is 0 Å². The second kappa shape index (κ2) is 45.5. The Morgan fingerprint density at radius 3 is 1.44 bits per heavy atom. The molecular formula is C55H94O9. The molecule has 0 spiro atoms. The third-order valence-electron chi connectivity index (χ3n) is 11.3. The van der Waals surface area contributed by atoms with E-state index >= 15 is 0 Å². The Balaban J connectivity index is 2.23. The number of hydrogen-bond donors (Lipinski definition) is 4. The summed E-state index contributed by atoms with van der Waals surface area (Å²) in [7, 11) is 0. The van der Waals surface area contributed by atoms with Crippen molar-refractivity contribution in [2.75, 3.05) is 26.4 Å². The Morgan fingerprint density at radius 2 is 0.953 bits per heavy atom. The van der Waals surface area contributed by atoms with Crippen molar-refractivity contribution in [2.45, 2.75) is 230 Å². The van der Waals surface area contributed by atoms with Crippen LogP contribution in [0.3, 0.4) is 0 Å². The lowest BCUT2D eigenvalue weighted by Gasteiger charge is -2.39. The van der Waals surface area contributed by atoms with Gasteiger partial charge in [0.1, 0.15) is 30.5 Å². The molecule has 4 N–H and O–H groups in total.